The lowest BCUT2D eigenvalue weighted by Gasteiger charge is -2.09. The minimum absolute atomic E-state index is 0.00445. The first kappa shape index (κ1) is 16.2. The van der Waals surface area contributed by atoms with E-state index in [2.05, 4.69) is 53.3 Å². The number of hydrogen-bond acceptors (Lipinski definition) is 3. The zero-order valence-corrected chi connectivity index (χ0v) is 15.0. The summed E-state index contributed by atoms with van der Waals surface area (Å²) in [5.41, 5.74) is 0.268. The number of nitrogens with one attached hydrogen (secondary N) is 1. The molecule has 0 saturated heterocycles. The summed E-state index contributed by atoms with van der Waals surface area (Å²) in [6.07, 6.45) is 1.47. The number of pyridine rings is 1. The van der Waals surface area contributed by atoms with Gasteiger partial charge in [0.2, 0.25) is 10.0 Å². The molecule has 2 rings (SSSR count). The van der Waals surface area contributed by atoms with Gasteiger partial charge in [0.05, 0.1) is 0 Å². The van der Waals surface area contributed by atoms with E-state index in [-0.39, 0.29) is 20.9 Å². The fraction of sp³-hybridized carbons (Fsp3) is 0.615. The van der Waals surface area contributed by atoms with Crippen LogP contribution < -0.4 is 4.72 Å². The molecule has 1 aromatic heterocycles. The van der Waals surface area contributed by atoms with Crippen LogP contribution in [0.3, 0.4) is 0 Å². The first-order valence-corrected chi connectivity index (χ1v) is 8.96. The van der Waals surface area contributed by atoms with Crippen molar-refractivity contribution >= 4 is 37.6 Å². The summed E-state index contributed by atoms with van der Waals surface area (Å²) < 4.78 is 27.8. The highest BCUT2D eigenvalue weighted by Gasteiger charge is 2.64. The lowest BCUT2D eigenvalue weighted by atomic mass is 10.0. The highest BCUT2D eigenvalue weighted by molar-refractivity contribution is 9.10. The summed E-state index contributed by atoms with van der Waals surface area (Å²) in [5.74, 6) is 0.309. The van der Waals surface area contributed by atoms with Gasteiger partial charge in [-0.05, 0) is 38.7 Å². The Kier molecular flexibility index (Phi) is 4.00. The summed E-state index contributed by atoms with van der Waals surface area (Å²) in [4.78, 5) is 3.85. The summed E-state index contributed by atoms with van der Waals surface area (Å²) in [5, 5.41) is -0.0185. The molecule has 1 aromatic rings. The second-order valence-corrected chi connectivity index (χ2v) is 9.30. The molecule has 1 saturated carbocycles. The lowest BCUT2D eigenvalue weighted by Crippen LogP contribution is -2.27. The van der Waals surface area contributed by atoms with Gasteiger partial charge in [0.15, 0.2) is 0 Å². The van der Waals surface area contributed by atoms with Crippen molar-refractivity contribution in [2.45, 2.75) is 32.6 Å². The third kappa shape index (κ3) is 2.63. The molecule has 4 nitrogen and oxygen atoms in total. The normalized spacial score (nSPS) is 20.9. The molecule has 1 N–H and O–H groups in total. The average molecular weight is 382 g/mol. The van der Waals surface area contributed by atoms with E-state index in [1.54, 1.807) is 0 Å². The smallest absolute Gasteiger partial charge is 0.242 e. The Bertz CT molecular complexity index is 630. The van der Waals surface area contributed by atoms with Crippen molar-refractivity contribution in [1.29, 1.82) is 0 Å². The molecule has 7 heteroatoms. The number of halogens is 2. The van der Waals surface area contributed by atoms with Gasteiger partial charge in [-0.15, -0.1) is 0 Å². The maximum Gasteiger partial charge on any atom is 0.243 e. The molecule has 0 bridgehead atoms. The quantitative estimate of drug-likeness (QED) is 0.813. The number of sulfonamides is 1. The number of aromatic nitrogens is 1. The van der Waals surface area contributed by atoms with Crippen molar-refractivity contribution in [3.8, 4) is 0 Å². The van der Waals surface area contributed by atoms with Crippen molar-refractivity contribution < 1.29 is 8.42 Å². The molecule has 20 heavy (non-hydrogen) atoms. The predicted octanol–water partition coefficient (Wildman–Crippen LogP) is 3.46. The van der Waals surface area contributed by atoms with Gasteiger partial charge in [0, 0.05) is 17.2 Å². The van der Waals surface area contributed by atoms with Crippen LogP contribution in [0.5, 0.6) is 0 Å². The van der Waals surface area contributed by atoms with Crippen LogP contribution in [-0.2, 0) is 10.0 Å². The minimum Gasteiger partial charge on any atom is -0.242 e. The number of hydrogen-bond donors (Lipinski definition) is 1. The molecule has 0 amide bonds. The standard InChI is InChI=1S/C13H18BrClN2O2S/c1-12(2)10(13(12,3)4)7-17-20(18,19)9-5-8(14)6-16-11(9)15/h5-6,10,17H,7H2,1-4H3. The second kappa shape index (κ2) is 4.93. The van der Waals surface area contributed by atoms with Gasteiger partial charge < -0.3 is 0 Å². The first-order valence-electron chi connectivity index (χ1n) is 6.31. The summed E-state index contributed by atoms with van der Waals surface area (Å²) in [7, 11) is -3.64. The molecule has 0 aromatic carbocycles. The van der Waals surface area contributed by atoms with Crippen molar-refractivity contribution in [2.75, 3.05) is 6.54 Å². The van der Waals surface area contributed by atoms with E-state index in [9.17, 15) is 8.42 Å². The number of nitrogens with zero attached hydrogens (tertiary/aromatic N) is 1. The molecule has 0 unspecified atom stereocenters. The van der Waals surface area contributed by atoms with Gasteiger partial charge in [0.1, 0.15) is 10.0 Å². The molecule has 0 atom stereocenters. The van der Waals surface area contributed by atoms with Crippen LogP contribution in [0.25, 0.3) is 0 Å². The van der Waals surface area contributed by atoms with Gasteiger partial charge in [0.25, 0.3) is 0 Å². The van der Waals surface area contributed by atoms with Gasteiger partial charge in [-0.3, -0.25) is 0 Å². The SMILES string of the molecule is CC1(C)C(CNS(=O)(=O)c2cc(Br)cnc2Cl)C1(C)C. The Balaban J connectivity index is 2.16. The maximum atomic E-state index is 12.3. The maximum absolute atomic E-state index is 12.3. The minimum atomic E-state index is -3.64. The van der Waals surface area contributed by atoms with Crippen LogP contribution in [0.2, 0.25) is 5.15 Å². The summed E-state index contributed by atoms with van der Waals surface area (Å²) in [6.45, 7) is 9.02. The Morgan fingerprint density at radius 1 is 1.35 bits per heavy atom. The summed E-state index contributed by atoms with van der Waals surface area (Å²) >= 11 is 9.08. The monoisotopic (exact) mass is 380 g/mol. The molecule has 112 valence electrons. The molecule has 1 fully saturated rings. The van der Waals surface area contributed by atoms with Gasteiger partial charge >= 0.3 is 0 Å². The Hall–Kier alpha value is -0.170. The van der Waals surface area contributed by atoms with Crippen LogP contribution in [0.15, 0.2) is 21.6 Å². The fourth-order valence-corrected chi connectivity index (χ4v) is 4.70. The van der Waals surface area contributed by atoms with Crippen LogP contribution in [0.4, 0.5) is 0 Å². The Morgan fingerprint density at radius 3 is 2.40 bits per heavy atom. The highest BCUT2D eigenvalue weighted by Crippen LogP contribution is 2.67. The van der Waals surface area contributed by atoms with E-state index in [0.29, 0.717) is 16.9 Å². The largest absolute Gasteiger partial charge is 0.243 e. The van der Waals surface area contributed by atoms with E-state index < -0.39 is 10.0 Å². The van der Waals surface area contributed by atoms with E-state index in [1.165, 1.54) is 12.3 Å². The van der Waals surface area contributed by atoms with Crippen LogP contribution in [0, 0.1) is 16.7 Å². The third-order valence-electron chi connectivity index (χ3n) is 4.86. The van der Waals surface area contributed by atoms with Gasteiger partial charge in [-0.1, -0.05) is 39.3 Å². The van der Waals surface area contributed by atoms with Gasteiger partial charge in [-0.2, -0.15) is 0 Å². The fourth-order valence-electron chi connectivity index (χ4n) is 2.71. The van der Waals surface area contributed by atoms with E-state index in [0.717, 1.165) is 0 Å². The molecular weight excluding hydrogens is 364 g/mol. The Morgan fingerprint density at radius 2 is 1.90 bits per heavy atom. The third-order valence-corrected chi connectivity index (χ3v) is 7.14. The highest BCUT2D eigenvalue weighted by atomic mass is 79.9. The van der Waals surface area contributed by atoms with E-state index in [4.69, 9.17) is 11.6 Å². The topological polar surface area (TPSA) is 59.1 Å². The van der Waals surface area contributed by atoms with E-state index >= 15 is 0 Å². The lowest BCUT2D eigenvalue weighted by molar-refractivity contribution is 0.457. The molecule has 0 aliphatic heterocycles. The Labute approximate surface area is 133 Å². The van der Waals surface area contributed by atoms with Gasteiger partial charge in [-0.25, -0.2) is 18.1 Å². The van der Waals surface area contributed by atoms with Crippen LogP contribution in [0.1, 0.15) is 27.7 Å². The zero-order chi connectivity index (χ0) is 15.3. The zero-order valence-electron chi connectivity index (χ0n) is 11.9. The molecule has 0 spiro atoms. The second-order valence-electron chi connectivity index (χ2n) is 6.29. The molecule has 1 heterocycles. The molecular formula is C13H18BrClN2O2S. The van der Waals surface area contributed by atoms with Crippen molar-refractivity contribution in [1.82, 2.24) is 9.71 Å². The van der Waals surface area contributed by atoms with Crippen LogP contribution in [-0.4, -0.2) is 19.9 Å². The van der Waals surface area contributed by atoms with Crippen LogP contribution >= 0.6 is 27.5 Å². The van der Waals surface area contributed by atoms with Crippen molar-refractivity contribution in [3.63, 3.8) is 0 Å². The first-order chi connectivity index (χ1) is 9.00. The molecule has 1 aliphatic carbocycles. The van der Waals surface area contributed by atoms with E-state index in [1.807, 2.05) is 0 Å². The average Bonchev–Trinajstić information content (AvgIpc) is 2.70. The summed E-state index contributed by atoms with van der Waals surface area (Å²) in [6, 6.07) is 1.46. The predicted molar refractivity (Wildman–Crippen MR) is 83.2 cm³/mol. The van der Waals surface area contributed by atoms with Crippen molar-refractivity contribution in [3.05, 3.63) is 21.9 Å². The molecule has 1 aliphatic rings. The molecule has 0 radical (unpaired) electrons. The van der Waals surface area contributed by atoms with Crippen molar-refractivity contribution in [2.24, 2.45) is 16.7 Å². The number of rotatable bonds is 4.